The second kappa shape index (κ2) is 9.46. The van der Waals surface area contributed by atoms with Crippen LogP contribution in [-0.4, -0.2) is 14.3 Å². The molecule has 3 aromatic rings. The molecule has 6 nitrogen and oxygen atoms in total. The molecule has 0 unspecified atom stereocenters. The second-order valence-corrected chi connectivity index (χ2v) is 10.4. The minimum atomic E-state index is -3.74. The van der Waals surface area contributed by atoms with E-state index in [4.69, 9.17) is 5.14 Å². The lowest BCUT2D eigenvalue weighted by atomic mass is 10.1. The highest BCUT2D eigenvalue weighted by molar-refractivity contribution is 14.1. The van der Waals surface area contributed by atoms with Crippen molar-refractivity contribution in [1.82, 2.24) is 5.32 Å². The molecule has 4 N–H and O–H groups in total. The van der Waals surface area contributed by atoms with E-state index in [0.29, 0.717) is 11.3 Å². The first kappa shape index (κ1) is 22.7. The molecule has 1 amide bonds. The summed E-state index contributed by atoms with van der Waals surface area (Å²) in [5.74, 6) is -0.252. The van der Waals surface area contributed by atoms with Crippen molar-refractivity contribution in [2.75, 3.05) is 5.32 Å². The standard InChI is InChI=1S/C21H19BrIN3O3S/c1-13-10-16(23)5-9-19(13)26-20-8-4-15(22)11-18(20)21(27)25-12-14-2-6-17(7-3-14)30(24,28)29/h2-11,26H,12H2,1H3,(H,25,27)(H2,24,28,29). The summed E-state index contributed by atoms with van der Waals surface area (Å²) in [4.78, 5) is 12.9. The van der Waals surface area contributed by atoms with Crippen LogP contribution in [0, 0.1) is 10.5 Å². The van der Waals surface area contributed by atoms with Crippen LogP contribution < -0.4 is 15.8 Å². The van der Waals surface area contributed by atoms with Gasteiger partial charge in [-0.3, -0.25) is 4.79 Å². The maximum absolute atomic E-state index is 12.9. The third kappa shape index (κ3) is 5.81. The van der Waals surface area contributed by atoms with Gasteiger partial charge in [0.15, 0.2) is 0 Å². The number of nitrogens with two attached hydrogens (primary N) is 1. The van der Waals surface area contributed by atoms with Crippen LogP contribution in [0.2, 0.25) is 0 Å². The minimum absolute atomic E-state index is 0.0314. The van der Waals surface area contributed by atoms with Gasteiger partial charge in [-0.15, -0.1) is 0 Å². The van der Waals surface area contributed by atoms with Gasteiger partial charge in [-0.05, 0) is 89.2 Å². The molecule has 3 rings (SSSR count). The molecule has 0 fully saturated rings. The Bertz CT molecular complexity index is 1200. The number of rotatable bonds is 6. The van der Waals surface area contributed by atoms with E-state index in [1.807, 2.05) is 31.2 Å². The number of anilines is 2. The number of amides is 1. The van der Waals surface area contributed by atoms with Gasteiger partial charge in [-0.25, -0.2) is 13.6 Å². The molecule has 0 heterocycles. The van der Waals surface area contributed by atoms with Crippen molar-refractivity contribution in [3.8, 4) is 0 Å². The van der Waals surface area contributed by atoms with Crippen LogP contribution >= 0.6 is 38.5 Å². The maximum atomic E-state index is 12.9. The Hall–Kier alpha value is -1.95. The topological polar surface area (TPSA) is 101 Å². The zero-order chi connectivity index (χ0) is 21.9. The van der Waals surface area contributed by atoms with Gasteiger partial charge in [0.05, 0.1) is 16.1 Å². The summed E-state index contributed by atoms with van der Waals surface area (Å²) in [7, 11) is -3.74. The Morgan fingerprint density at radius 2 is 1.70 bits per heavy atom. The fourth-order valence-electron chi connectivity index (χ4n) is 2.80. The third-order valence-corrected chi connectivity index (χ3v) is 6.48. The smallest absolute Gasteiger partial charge is 0.253 e. The van der Waals surface area contributed by atoms with Gasteiger partial charge < -0.3 is 10.6 Å². The van der Waals surface area contributed by atoms with E-state index in [9.17, 15) is 13.2 Å². The monoisotopic (exact) mass is 599 g/mol. The molecule has 0 radical (unpaired) electrons. The molecule has 0 spiro atoms. The summed E-state index contributed by atoms with van der Waals surface area (Å²) >= 11 is 5.68. The highest BCUT2D eigenvalue weighted by Crippen LogP contribution is 2.27. The fourth-order valence-corrected chi connectivity index (χ4v) is 4.32. The molecule has 3 aromatic carbocycles. The number of aryl methyl sites for hydroxylation is 1. The van der Waals surface area contributed by atoms with E-state index in [1.165, 1.54) is 12.1 Å². The molecule has 0 aliphatic heterocycles. The minimum Gasteiger partial charge on any atom is -0.355 e. The number of carbonyl (C=O) groups excluding carboxylic acids is 1. The third-order valence-electron chi connectivity index (χ3n) is 4.39. The van der Waals surface area contributed by atoms with Crippen molar-refractivity contribution in [3.63, 3.8) is 0 Å². The number of primary sulfonamides is 1. The van der Waals surface area contributed by atoms with Gasteiger partial charge in [-0.2, -0.15) is 0 Å². The quantitative estimate of drug-likeness (QED) is 0.358. The van der Waals surface area contributed by atoms with Crippen molar-refractivity contribution < 1.29 is 13.2 Å². The summed E-state index contributed by atoms with van der Waals surface area (Å²) in [5.41, 5.74) is 3.93. The van der Waals surface area contributed by atoms with Crippen LogP contribution in [0.15, 0.2) is 70.0 Å². The van der Waals surface area contributed by atoms with Crippen LogP contribution in [-0.2, 0) is 16.6 Å². The molecule has 0 saturated carbocycles. The van der Waals surface area contributed by atoms with E-state index < -0.39 is 10.0 Å². The second-order valence-electron chi connectivity index (χ2n) is 6.65. The van der Waals surface area contributed by atoms with Crippen LogP contribution in [0.1, 0.15) is 21.5 Å². The van der Waals surface area contributed by atoms with Crippen LogP contribution in [0.25, 0.3) is 0 Å². The van der Waals surface area contributed by atoms with Gasteiger partial charge in [0, 0.05) is 20.3 Å². The highest BCUT2D eigenvalue weighted by Gasteiger charge is 2.14. The van der Waals surface area contributed by atoms with E-state index in [-0.39, 0.29) is 17.3 Å². The van der Waals surface area contributed by atoms with Gasteiger partial charge in [-0.1, -0.05) is 28.1 Å². The van der Waals surface area contributed by atoms with Crippen LogP contribution in [0.4, 0.5) is 11.4 Å². The lowest BCUT2D eigenvalue weighted by molar-refractivity contribution is 0.0951. The summed E-state index contributed by atoms with van der Waals surface area (Å²) in [6.07, 6.45) is 0. The van der Waals surface area contributed by atoms with Gasteiger partial charge in [0.25, 0.3) is 5.91 Å². The molecule has 0 atom stereocenters. The Kier molecular flexibility index (Phi) is 7.17. The summed E-state index contributed by atoms with van der Waals surface area (Å²) in [6.45, 7) is 2.26. The Balaban J connectivity index is 1.77. The van der Waals surface area contributed by atoms with Crippen molar-refractivity contribution in [2.45, 2.75) is 18.4 Å². The Morgan fingerprint density at radius 1 is 1.03 bits per heavy atom. The maximum Gasteiger partial charge on any atom is 0.253 e. The first-order valence-corrected chi connectivity index (χ1v) is 12.3. The molecule has 0 aliphatic rings. The SMILES string of the molecule is Cc1cc(I)ccc1Nc1ccc(Br)cc1C(=O)NCc1ccc(S(N)(=O)=O)cc1. The lowest BCUT2D eigenvalue weighted by Crippen LogP contribution is -2.24. The number of hydrogen-bond donors (Lipinski definition) is 3. The lowest BCUT2D eigenvalue weighted by Gasteiger charge is -2.15. The Labute approximate surface area is 197 Å². The molecule has 30 heavy (non-hydrogen) atoms. The Morgan fingerprint density at radius 3 is 2.33 bits per heavy atom. The molecule has 0 aromatic heterocycles. The average molecular weight is 600 g/mol. The van der Waals surface area contributed by atoms with E-state index in [2.05, 4.69) is 55.2 Å². The predicted molar refractivity (Wildman–Crippen MR) is 130 cm³/mol. The summed E-state index contributed by atoms with van der Waals surface area (Å²) in [5, 5.41) is 11.3. The number of hydrogen-bond acceptors (Lipinski definition) is 4. The molecular weight excluding hydrogens is 581 g/mol. The van der Waals surface area contributed by atoms with E-state index in [1.54, 1.807) is 18.2 Å². The number of benzene rings is 3. The molecule has 0 aliphatic carbocycles. The van der Waals surface area contributed by atoms with Gasteiger partial charge in [0.1, 0.15) is 0 Å². The first-order chi connectivity index (χ1) is 14.1. The predicted octanol–water partition coefficient (Wildman–Crippen LogP) is 4.68. The summed E-state index contributed by atoms with van der Waals surface area (Å²) in [6, 6.07) is 17.6. The first-order valence-electron chi connectivity index (χ1n) is 8.86. The number of sulfonamides is 1. The molecule has 156 valence electrons. The largest absolute Gasteiger partial charge is 0.355 e. The number of nitrogens with one attached hydrogen (secondary N) is 2. The number of halogens is 2. The zero-order valence-electron chi connectivity index (χ0n) is 15.9. The summed E-state index contributed by atoms with van der Waals surface area (Å²) < 4.78 is 24.6. The van der Waals surface area contributed by atoms with E-state index >= 15 is 0 Å². The van der Waals surface area contributed by atoms with Crippen molar-refractivity contribution in [2.24, 2.45) is 5.14 Å². The van der Waals surface area contributed by atoms with Gasteiger partial charge >= 0.3 is 0 Å². The van der Waals surface area contributed by atoms with Crippen LogP contribution in [0.3, 0.4) is 0 Å². The van der Waals surface area contributed by atoms with Crippen molar-refractivity contribution >= 4 is 65.8 Å². The van der Waals surface area contributed by atoms with Crippen molar-refractivity contribution in [1.29, 1.82) is 0 Å². The molecule has 9 heteroatoms. The average Bonchev–Trinajstić information content (AvgIpc) is 2.69. The highest BCUT2D eigenvalue weighted by atomic mass is 127. The molecular formula is C21H19BrIN3O3S. The molecule has 0 saturated heterocycles. The zero-order valence-corrected chi connectivity index (χ0v) is 20.5. The normalized spacial score (nSPS) is 11.2. The van der Waals surface area contributed by atoms with Gasteiger partial charge in [0.2, 0.25) is 10.0 Å². The van der Waals surface area contributed by atoms with Crippen LogP contribution in [0.5, 0.6) is 0 Å². The molecule has 0 bridgehead atoms. The van der Waals surface area contributed by atoms with E-state index in [0.717, 1.165) is 24.9 Å². The van der Waals surface area contributed by atoms with Crippen molar-refractivity contribution in [3.05, 3.63) is 85.4 Å². The number of carbonyl (C=O) groups is 1. The fraction of sp³-hybridized carbons (Fsp3) is 0.0952.